The lowest BCUT2D eigenvalue weighted by atomic mass is 9.98. The van der Waals surface area contributed by atoms with E-state index in [2.05, 4.69) is 4.90 Å². The smallest absolute Gasteiger partial charge is 0.239 e. The molecule has 1 fully saturated rings. The molecule has 0 aromatic heterocycles. The lowest BCUT2D eigenvalue weighted by Crippen LogP contribution is -2.47. The van der Waals surface area contributed by atoms with Gasteiger partial charge in [0.1, 0.15) is 0 Å². The molecule has 0 aromatic carbocycles. The van der Waals surface area contributed by atoms with Crippen molar-refractivity contribution < 1.29 is 9.59 Å². The Bertz CT molecular complexity index is 330. The van der Waals surface area contributed by atoms with Crippen LogP contribution in [0.4, 0.5) is 0 Å². The molecule has 0 bridgehead atoms. The van der Waals surface area contributed by atoms with Gasteiger partial charge in [-0.05, 0) is 26.7 Å². The first-order chi connectivity index (χ1) is 8.25. The molecule has 18 heavy (non-hydrogen) atoms. The molecule has 5 heteroatoms. The van der Waals surface area contributed by atoms with Gasteiger partial charge in [-0.2, -0.15) is 0 Å². The Labute approximate surface area is 109 Å². The Kier molecular flexibility index (Phi) is 4.73. The third kappa shape index (κ3) is 3.02. The topological polar surface area (TPSA) is 66.6 Å². The average Bonchev–Trinajstić information content (AvgIpc) is 2.68. The summed E-state index contributed by atoms with van der Waals surface area (Å²) >= 11 is 0. The number of nitrogens with two attached hydrogens (primary N) is 1. The third-order valence-corrected chi connectivity index (χ3v) is 4.03. The molecule has 1 saturated heterocycles. The van der Waals surface area contributed by atoms with E-state index in [9.17, 15) is 9.59 Å². The highest BCUT2D eigenvalue weighted by Crippen LogP contribution is 2.25. The molecule has 0 spiro atoms. The average molecular weight is 255 g/mol. The number of amides is 2. The van der Waals surface area contributed by atoms with Gasteiger partial charge in [0.25, 0.3) is 0 Å². The van der Waals surface area contributed by atoms with E-state index >= 15 is 0 Å². The van der Waals surface area contributed by atoms with Gasteiger partial charge in [-0.3, -0.25) is 14.5 Å². The standard InChI is InChI=1S/C13H25N3O2/c1-8(2)15(5)13(18)10(4)16-6-9(3)11(7-16)12(14)17/h8-11H,6-7H2,1-5H3,(H2,14,17)/t9-,10?,11-/m1/s1. The van der Waals surface area contributed by atoms with Gasteiger partial charge in [0.2, 0.25) is 11.8 Å². The van der Waals surface area contributed by atoms with E-state index in [1.807, 2.05) is 34.7 Å². The van der Waals surface area contributed by atoms with E-state index in [0.29, 0.717) is 6.54 Å². The van der Waals surface area contributed by atoms with Gasteiger partial charge in [0.05, 0.1) is 12.0 Å². The second kappa shape index (κ2) is 5.69. The normalized spacial score (nSPS) is 26.3. The predicted molar refractivity (Wildman–Crippen MR) is 70.8 cm³/mol. The monoisotopic (exact) mass is 255 g/mol. The lowest BCUT2D eigenvalue weighted by Gasteiger charge is -2.30. The molecule has 104 valence electrons. The Hall–Kier alpha value is -1.10. The second-order valence-electron chi connectivity index (χ2n) is 5.66. The zero-order chi connectivity index (χ0) is 14.0. The maximum atomic E-state index is 12.2. The minimum Gasteiger partial charge on any atom is -0.369 e. The lowest BCUT2D eigenvalue weighted by molar-refractivity contribution is -0.136. The van der Waals surface area contributed by atoms with Crippen LogP contribution in [0.15, 0.2) is 0 Å². The van der Waals surface area contributed by atoms with Gasteiger partial charge in [-0.25, -0.2) is 0 Å². The van der Waals surface area contributed by atoms with Gasteiger partial charge < -0.3 is 10.6 Å². The summed E-state index contributed by atoms with van der Waals surface area (Å²) in [5.41, 5.74) is 5.37. The summed E-state index contributed by atoms with van der Waals surface area (Å²) in [6.45, 7) is 9.24. The number of hydrogen-bond acceptors (Lipinski definition) is 3. The number of nitrogens with zero attached hydrogens (tertiary/aromatic N) is 2. The summed E-state index contributed by atoms with van der Waals surface area (Å²) in [6, 6.07) is -0.00360. The molecule has 1 heterocycles. The first-order valence-electron chi connectivity index (χ1n) is 6.55. The zero-order valence-electron chi connectivity index (χ0n) is 12.0. The number of hydrogen-bond donors (Lipinski definition) is 1. The van der Waals surface area contributed by atoms with Gasteiger partial charge >= 0.3 is 0 Å². The SMILES string of the molecule is CC(C(=O)N(C)C(C)C)N1C[C@@H](C)[C@H](C(N)=O)C1. The second-order valence-corrected chi connectivity index (χ2v) is 5.66. The molecule has 1 rings (SSSR count). The van der Waals surface area contributed by atoms with E-state index in [-0.39, 0.29) is 35.7 Å². The van der Waals surface area contributed by atoms with E-state index in [1.54, 1.807) is 4.90 Å². The summed E-state index contributed by atoms with van der Waals surface area (Å²) in [5, 5.41) is 0. The fourth-order valence-electron chi connectivity index (χ4n) is 2.40. The van der Waals surface area contributed by atoms with Crippen molar-refractivity contribution in [2.24, 2.45) is 17.6 Å². The molecule has 2 N–H and O–H groups in total. The molecule has 0 aliphatic carbocycles. The van der Waals surface area contributed by atoms with Crippen LogP contribution in [0.25, 0.3) is 0 Å². The number of likely N-dealkylation sites (tertiary alicyclic amines) is 1. The number of carbonyl (C=O) groups excluding carboxylic acids is 2. The Balaban J connectivity index is 2.67. The summed E-state index contributed by atoms with van der Waals surface area (Å²) in [6.07, 6.45) is 0. The predicted octanol–water partition coefficient (Wildman–Crippen LogP) is 0.295. The van der Waals surface area contributed by atoms with Crippen LogP contribution >= 0.6 is 0 Å². The largest absolute Gasteiger partial charge is 0.369 e. The molecule has 1 aliphatic rings. The van der Waals surface area contributed by atoms with Crippen molar-refractivity contribution >= 4 is 11.8 Å². The molecule has 5 nitrogen and oxygen atoms in total. The highest BCUT2D eigenvalue weighted by molar-refractivity contribution is 5.82. The number of likely N-dealkylation sites (N-methyl/N-ethyl adjacent to an activating group) is 1. The minimum atomic E-state index is -0.262. The quantitative estimate of drug-likeness (QED) is 0.785. The van der Waals surface area contributed by atoms with Crippen LogP contribution in [-0.2, 0) is 9.59 Å². The first kappa shape index (κ1) is 15.0. The fraction of sp³-hybridized carbons (Fsp3) is 0.846. The van der Waals surface area contributed by atoms with Crippen LogP contribution in [-0.4, -0.2) is 53.8 Å². The summed E-state index contributed by atoms with van der Waals surface area (Å²) in [5.74, 6) is -0.0732. The molecule has 1 aliphatic heterocycles. The van der Waals surface area contributed by atoms with Crippen molar-refractivity contribution in [1.29, 1.82) is 0 Å². The fourth-order valence-corrected chi connectivity index (χ4v) is 2.40. The minimum absolute atomic E-state index is 0.0994. The Morgan fingerprint density at radius 1 is 1.28 bits per heavy atom. The molecule has 0 saturated carbocycles. The van der Waals surface area contributed by atoms with Crippen LogP contribution in [0.5, 0.6) is 0 Å². The maximum absolute atomic E-state index is 12.2. The number of rotatable bonds is 4. The van der Waals surface area contributed by atoms with Gasteiger partial charge in [0, 0.05) is 26.2 Å². The molecule has 0 radical (unpaired) electrons. The van der Waals surface area contributed by atoms with Crippen LogP contribution in [0.1, 0.15) is 27.7 Å². The van der Waals surface area contributed by atoms with Crippen molar-refractivity contribution in [3.05, 3.63) is 0 Å². The highest BCUT2D eigenvalue weighted by Gasteiger charge is 2.38. The Morgan fingerprint density at radius 2 is 1.83 bits per heavy atom. The van der Waals surface area contributed by atoms with E-state index in [4.69, 9.17) is 5.73 Å². The van der Waals surface area contributed by atoms with Crippen molar-refractivity contribution in [2.75, 3.05) is 20.1 Å². The summed E-state index contributed by atoms with van der Waals surface area (Å²) < 4.78 is 0. The Morgan fingerprint density at radius 3 is 2.22 bits per heavy atom. The van der Waals surface area contributed by atoms with Gasteiger partial charge in [0.15, 0.2) is 0 Å². The first-order valence-corrected chi connectivity index (χ1v) is 6.55. The molecule has 2 amide bonds. The van der Waals surface area contributed by atoms with Crippen LogP contribution in [0, 0.1) is 11.8 Å². The zero-order valence-corrected chi connectivity index (χ0v) is 12.0. The molecule has 1 unspecified atom stereocenters. The van der Waals surface area contributed by atoms with Crippen LogP contribution in [0.3, 0.4) is 0 Å². The van der Waals surface area contributed by atoms with Crippen molar-refractivity contribution in [2.45, 2.75) is 39.8 Å². The molecular formula is C13H25N3O2. The highest BCUT2D eigenvalue weighted by atomic mass is 16.2. The van der Waals surface area contributed by atoms with E-state index < -0.39 is 0 Å². The number of primary amides is 1. The maximum Gasteiger partial charge on any atom is 0.239 e. The van der Waals surface area contributed by atoms with Crippen LogP contribution in [0.2, 0.25) is 0 Å². The third-order valence-electron chi connectivity index (χ3n) is 4.03. The van der Waals surface area contributed by atoms with E-state index in [1.165, 1.54) is 0 Å². The van der Waals surface area contributed by atoms with Crippen molar-refractivity contribution in [3.8, 4) is 0 Å². The van der Waals surface area contributed by atoms with Crippen molar-refractivity contribution in [3.63, 3.8) is 0 Å². The number of carbonyl (C=O) groups is 2. The van der Waals surface area contributed by atoms with E-state index in [0.717, 1.165) is 6.54 Å². The van der Waals surface area contributed by atoms with Gasteiger partial charge in [-0.15, -0.1) is 0 Å². The summed E-state index contributed by atoms with van der Waals surface area (Å²) in [7, 11) is 1.81. The molecule has 0 aromatic rings. The summed E-state index contributed by atoms with van der Waals surface area (Å²) in [4.78, 5) is 27.3. The van der Waals surface area contributed by atoms with Crippen LogP contribution < -0.4 is 5.73 Å². The molecular weight excluding hydrogens is 230 g/mol. The van der Waals surface area contributed by atoms with Gasteiger partial charge in [-0.1, -0.05) is 6.92 Å². The van der Waals surface area contributed by atoms with Crippen molar-refractivity contribution in [1.82, 2.24) is 9.80 Å². The molecule has 3 atom stereocenters.